The summed E-state index contributed by atoms with van der Waals surface area (Å²) in [6.45, 7) is -0.139. The fourth-order valence-electron chi connectivity index (χ4n) is 1.70. The Labute approximate surface area is 70.5 Å². The van der Waals surface area contributed by atoms with Gasteiger partial charge in [-0.05, 0) is 18.8 Å². The molecule has 1 rings (SSSR count). The number of alkyl halides is 1. The summed E-state index contributed by atoms with van der Waals surface area (Å²) in [5.41, 5.74) is 0. The van der Waals surface area contributed by atoms with Gasteiger partial charge in [0.1, 0.15) is 6.17 Å². The van der Waals surface area contributed by atoms with E-state index >= 15 is 0 Å². The van der Waals surface area contributed by atoms with Crippen molar-refractivity contribution < 1.29 is 19.0 Å². The Morgan fingerprint density at radius 2 is 2.33 bits per heavy atom. The van der Waals surface area contributed by atoms with Crippen molar-refractivity contribution in [2.24, 2.45) is 11.8 Å². The van der Waals surface area contributed by atoms with Crippen molar-refractivity contribution in [2.75, 3.05) is 13.7 Å². The van der Waals surface area contributed by atoms with Gasteiger partial charge in [-0.2, -0.15) is 0 Å². The van der Waals surface area contributed by atoms with Gasteiger partial charge in [-0.3, -0.25) is 4.79 Å². The first-order chi connectivity index (χ1) is 5.69. The summed E-state index contributed by atoms with van der Waals surface area (Å²) in [6.07, 6.45) is -0.500. The summed E-state index contributed by atoms with van der Waals surface area (Å²) in [5.74, 6) is -1.11. The lowest BCUT2D eigenvalue weighted by atomic mass is 9.97. The average Bonchev–Trinajstić information content (AvgIpc) is 2.45. The maximum Gasteiger partial charge on any atom is 0.309 e. The van der Waals surface area contributed by atoms with Crippen molar-refractivity contribution in [3.05, 3.63) is 0 Å². The summed E-state index contributed by atoms with van der Waals surface area (Å²) >= 11 is 0. The number of rotatable bonds is 2. The van der Waals surface area contributed by atoms with Gasteiger partial charge in [0.05, 0.1) is 13.0 Å². The van der Waals surface area contributed by atoms with Crippen LogP contribution >= 0.6 is 0 Å². The van der Waals surface area contributed by atoms with Gasteiger partial charge in [-0.25, -0.2) is 4.39 Å². The molecule has 0 saturated heterocycles. The molecule has 1 aliphatic rings. The molecule has 0 aromatic rings. The fraction of sp³-hybridized carbons (Fsp3) is 0.875. The Morgan fingerprint density at radius 3 is 2.83 bits per heavy atom. The predicted molar refractivity (Wildman–Crippen MR) is 40.2 cm³/mol. The number of carbonyl (C=O) groups excluding carboxylic acids is 1. The van der Waals surface area contributed by atoms with E-state index in [1.807, 2.05) is 0 Å². The summed E-state index contributed by atoms with van der Waals surface area (Å²) in [5, 5.41) is 8.82. The highest BCUT2D eigenvalue weighted by atomic mass is 19.1. The molecule has 1 N–H and O–H groups in total. The van der Waals surface area contributed by atoms with E-state index in [0.29, 0.717) is 0 Å². The first kappa shape index (κ1) is 9.45. The minimum atomic E-state index is -0.966. The molecule has 3 nitrogen and oxygen atoms in total. The molecule has 1 fully saturated rings. The topological polar surface area (TPSA) is 46.5 Å². The van der Waals surface area contributed by atoms with E-state index in [2.05, 4.69) is 4.74 Å². The monoisotopic (exact) mass is 176 g/mol. The number of aliphatic hydroxyl groups excluding tert-OH is 1. The van der Waals surface area contributed by atoms with Crippen LogP contribution in [-0.2, 0) is 9.53 Å². The molecule has 3 atom stereocenters. The lowest BCUT2D eigenvalue weighted by Gasteiger charge is -2.13. The van der Waals surface area contributed by atoms with Crippen LogP contribution in [0.5, 0.6) is 0 Å². The number of halogens is 1. The van der Waals surface area contributed by atoms with E-state index < -0.39 is 18.1 Å². The van der Waals surface area contributed by atoms with Crippen molar-refractivity contribution in [3.63, 3.8) is 0 Å². The third kappa shape index (κ3) is 1.75. The molecule has 0 spiro atoms. The molecule has 0 aromatic carbocycles. The molecule has 12 heavy (non-hydrogen) atoms. The average molecular weight is 176 g/mol. The first-order valence-electron chi connectivity index (χ1n) is 4.01. The molecule has 0 heterocycles. The second-order valence-corrected chi connectivity index (χ2v) is 3.14. The van der Waals surface area contributed by atoms with Crippen LogP contribution in [0.25, 0.3) is 0 Å². The van der Waals surface area contributed by atoms with Gasteiger partial charge in [-0.1, -0.05) is 0 Å². The van der Waals surface area contributed by atoms with Crippen LogP contribution in [0, 0.1) is 11.8 Å². The molecule has 1 aliphatic carbocycles. The molecule has 0 radical (unpaired) electrons. The maximum absolute atomic E-state index is 12.8. The number of ether oxygens (including phenoxy) is 1. The van der Waals surface area contributed by atoms with Gasteiger partial charge in [0.2, 0.25) is 0 Å². The molecule has 3 unspecified atom stereocenters. The van der Waals surface area contributed by atoms with Crippen molar-refractivity contribution in [1.82, 2.24) is 0 Å². The fourth-order valence-corrected chi connectivity index (χ4v) is 1.70. The predicted octanol–water partition coefficient (Wildman–Crippen LogP) is 0.516. The van der Waals surface area contributed by atoms with Crippen LogP contribution in [-0.4, -0.2) is 31.0 Å². The van der Waals surface area contributed by atoms with Crippen molar-refractivity contribution >= 4 is 5.97 Å². The molecule has 0 aliphatic heterocycles. The summed E-state index contributed by atoms with van der Waals surface area (Å²) in [7, 11) is 1.28. The van der Waals surface area contributed by atoms with Gasteiger partial charge in [0.15, 0.2) is 0 Å². The Kier molecular flexibility index (Phi) is 3.03. The van der Waals surface area contributed by atoms with Crippen molar-refractivity contribution in [3.8, 4) is 0 Å². The third-order valence-electron chi connectivity index (χ3n) is 2.38. The molecular formula is C8H13FO3. The molecule has 1 saturated carbocycles. The second-order valence-electron chi connectivity index (χ2n) is 3.14. The number of hydrogen-bond acceptors (Lipinski definition) is 3. The van der Waals surface area contributed by atoms with Crippen molar-refractivity contribution in [1.29, 1.82) is 0 Å². The van der Waals surface area contributed by atoms with Crippen LogP contribution < -0.4 is 0 Å². The second kappa shape index (κ2) is 3.85. The highest BCUT2D eigenvalue weighted by Gasteiger charge is 2.39. The van der Waals surface area contributed by atoms with Gasteiger partial charge in [-0.15, -0.1) is 0 Å². The Morgan fingerprint density at radius 1 is 1.67 bits per heavy atom. The van der Waals surface area contributed by atoms with Gasteiger partial charge in [0, 0.05) is 6.61 Å². The summed E-state index contributed by atoms with van der Waals surface area (Å²) in [4.78, 5) is 11.0. The Balaban J connectivity index is 2.57. The SMILES string of the molecule is COC(=O)C1CC(F)CC1CO. The lowest BCUT2D eigenvalue weighted by molar-refractivity contribution is -0.147. The largest absolute Gasteiger partial charge is 0.469 e. The van der Waals surface area contributed by atoms with Crippen molar-refractivity contribution in [2.45, 2.75) is 19.0 Å². The zero-order chi connectivity index (χ0) is 9.14. The zero-order valence-corrected chi connectivity index (χ0v) is 7.00. The van der Waals surface area contributed by atoms with Crippen LogP contribution in [0.1, 0.15) is 12.8 Å². The number of aliphatic hydroxyl groups is 1. The normalized spacial score (nSPS) is 35.1. The van der Waals surface area contributed by atoms with E-state index in [1.165, 1.54) is 7.11 Å². The first-order valence-corrected chi connectivity index (χ1v) is 4.01. The molecule has 70 valence electrons. The standard InChI is InChI=1S/C8H13FO3/c1-12-8(11)7-3-6(9)2-5(7)4-10/h5-7,10H,2-4H2,1H3. The van der Waals surface area contributed by atoms with Crippen LogP contribution in [0.15, 0.2) is 0 Å². The summed E-state index contributed by atoms with van der Waals surface area (Å²) < 4.78 is 17.3. The van der Waals surface area contributed by atoms with E-state index in [-0.39, 0.29) is 25.4 Å². The highest BCUT2D eigenvalue weighted by Crippen LogP contribution is 2.34. The Hall–Kier alpha value is -0.640. The smallest absolute Gasteiger partial charge is 0.309 e. The van der Waals surface area contributed by atoms with Crippen LogP contribution in [0.3, 0.4) is 0 Å². The third-order valence-corrected chi connectivity index (χ3v) is 2.38. The minimum absolute atomic E-state index is 0.139. The number of methoxy groups -OCH3 is 1. The van der Waals surface area contributed by atoms with Crippen LogP contribution in [0.2, 0.25) is 0 Å². The Bertz CT molecular complexity index is 172. The maximum atomic E-state index is 12.8. The highest BCUT2D eigenvalue weighted by molar-refractivity contribution is 5.73. The quantitative estimate of drug-likeness (QED) is 0.624. The molecule has 0 amide bonds. The number of carbonyl (C=O) groups is 1. The molecular weight excluding hydrogens is 163 g/mol. The number of hydrogen-bond donors (Lipinski definition) is 1. The van der Waals surface area contributed by atoms with Crippen LogP contribution in [0.4, 0.5) is 4.39 Å². The molecule has 0 bridgehead atoms. The molecule has 0 aromatic heterocycles. The van der Waals surface area contributed by atoms with E-state index in [4.69, 9.17) is 5.11 Å². The molecule has 4 heteroatoms. The zero-order valence-electron chi connectivity index (χ0n) is 7.00. The van der Waals surface area contributed by atoms with Gasteiger partial charge < -0.3 is 9.84 Å². The van der Waals surface area contributed by atoms with Gasteiger partial charge >= 0.3 is 5.97 Å². The van der Waals surface area contributed by atoms with E-state index in [0.717, 1.165) is 0 Å². The van der Waals surface area contributed by atoms with E-state index in [1.54, 1.807) is 0 Å². The lowest BCUT2D eigenvalue weighted by Crippen LogP contribution is -2.22. The summed E-state index contributed by atoms with van der Waals surface area (Å²) in [6, 6.07) is 0. The minimum Gasteiger partial charge on any atom is -0.469 e. The van der Waals surface area contributed by atoms with E-state index in [9.17, 15) is 9.18 Å². The number of esters is 1. The van der Waals surface area contributed by atoms with Gasteiger partial charge in [0.25, 0.3) is 0 Å².